The summed E-state index contributed by atoms with van der Waals surface area (Å²) in [5.41, 5.74) is 1.32. The van der Waals surface area contributed by atoms with Gasteiger partial charge >= 0.3 is 0 Å². The minimum atomic E-state index is -4.46. The van der Waals surface area contributed by atoms with Crippen LogP contribution in [0.25, 0.3) is 0 Å². The maximum absolute atomic E-state index is 12.4. The summed E-state index contributed by atoms with van der Waals surface area (Å²) < 4.78 is 98.4. The molecule has 2 aromatic carbocycles. The highest BCUT2D eigenvalue weighted by atomic mass is 32.3. The molecule has 2 aromatic rings. The second-order valence-electron chi connectivity index (χ2n) is 7.49. The molecule has 0 aliphatic heterocycles. The van der Waals surface area contributed by atoms with E-state index in [2.05, 4.69) is 11.8 Å². The third kappa shape index (κ3) is 7.62. The SMILES string of the molecule is CS(=O)(=O)N(C[C@H](c1ccc(C#Cc2ccccc2)cc1)N(S(C)(=O)=O)S(C)(=O)=O)S(C)(=O)=O. The average Bonchev–Trinajstić information content (AvgIpc) is 2.66. The molecule has 0 saturated carbocycles. The Labute approximate surface area is 201 Å². The lowest BCUT2D eigenvalue weighted by atomic mass is 10.1. The van der Waals surface area contributed by atoms with Crippen molar-refractivity contribution in [2.75, 3.05) is 31.6 Å². The molecule has 0 aromatic heterocycles. The van der Waals surface area contributed by atoms with Gasteiger partial charge in [-0.3, -0.25) is 0 Å². The van der Waals surface area contributed by atoms with E-state index in [1.807, 2.05) is 18.2 Å². The van der Waals surface area contributed by atoms with Crippen molar-refractivity contribution in [2.45, 2.75) is 6.04 Å². The zero-order valence-electron chi connectivity index (χ0n) is 18.8. The molecule has 0 bridgehead atoms. The minimum Gasteiger partial charge on any atom is -0.212 e. The molecule has 1 atom stereocenters. The number of benzene rings is 2. The van der Waals surface area contributed by atoms with E-state index in [0.29, 0.717) is 30.6 Å². The molecular formula is C20H24N2O8S4. The molecule has 0 saturated heterocycles. The van der Waals surface area contributed by atoms with Crippen LogP contribution in [0, 0.1) is 11.8 Å². The lowest BCUT2D eigenvalue weighted by Gasteiger charge is -2.31. The van der Waals surface area contributed by atoms with Gasteiger partial charge < -0.3 is 0 Å². The maximum atomic E-state index is 12.4. The van der Waals surface area contributed by atoms with Crippen LogP contribution in [0.5, 0.6) is 0 Å². The maximum Gasteiger partial charge on any atom is 0.224 e. The van der Waals surface area contributed by atoms with Crippen molar-refractivity contribution < 1.29 is 33.7 Å². The molecule has 10 nitrogen and oxygen atoms in total. The Kier molecular flexibility index (Phi) is 8.34. The fourth-order valence-electron chi connectivity index (χ4n) is 3.11. The first-order chi connectivity index (χ1) is 15.4. The summed E-state index contributed by atoms with van der Waals surface area (Å²) in [5, 5.41) is 0. The van der Waals surface area contributed by atoms with Crippen LogP contribution in [0.1, 0.15) is 22.7 Å². The Morgan fingerprint density at radius 3 is 1.41 bits per heavy atom. The van der Waals surface area contributed by atoms with Crippen LogP contribution in [0.15, 0.2) is 54.6 Å². The van der Waals surface area contributed by atoms with Crippen LogP contribution < -0.4 is 0 Å². The highest BCUT2D eigenvalue weighted by Gasteiger charge is 2.40. The van der Waals surface area contributed by atoms with E-state index in [9.17, 15) is 33.7 Å². The Morgan fingerprint density at radius 1 is 0.618 bits per heavy atom. The van der Waals surface area contributed by atoms with Crippen LogP contribution in [0.2, 0.25) is 0 Å². The third-order valence-electron chi connectivity index (χ3n) is 4.39. The van der Waals surface area contributed by atoms with Gasteiger partial charge in [-0.2, -0.15) is 0 Å². The summed E-state index contributed by atoms with van der Waals surface area (Å²) in [5.74, 6) is 5.84. The lowest BCUT2D eigenvalue weighted by Crippen LogP contribution is -2.46. The highest BCUT2D eigenvalue weighted by Crippen LogP contribution is 2.29. The van der Waals surface area contributed by atoms with E-state index < -0.39 is 52.7 Å². The molecule has 0 radical (unpaired) electrons. The minimum absolute atomic E-state index is 0.0541. The van der Waals surface area contributed by atoms with Crippen LogP contribution >= 0.6 is 0 Å². The fraction of sp³-hybridized carbons (Fsp3) is 0.300. The van der Waals surface area contributed by atoms with Gasteiger partial charge in [0, 0.05) is 11.1 Å². The third-order valence-corrected chi connectivity index (χ3v) is 11.2. The summed E-state index contributed by atoms with van der Waals surface area (Å²) in [7, 11) is -17.7. The number of hydrogen-bond acceptors (Lipinski definition) is 8. The molecule has 0 N–H and O–H groups in total. The summed E-state index contributed by atoms with van der Waals surface area (Å²) in [6, 6.07) is 13.1. The molecule has 0 spiro atoms. The van der Waals surface area contributed by atoms with Gasteiger partial charge in [-0.05, 0) is 29.8 Å². The first-order valence-electron chi connectivity index (χ1n) is 9.45. The summed E-state index contributed by atoms with van der Waals surface area (Å²) in [6.07, 6.45) is 2.51. The second kappa shape index (κ2) is 10.1. The first kappa shape index (κ1) is 28.0. The molecule has 0 amide bonds. The number of hydrogen-bond donors (Lipinski definition) is 0. The molecule has 0 heterocycles. The van der Waals surface area contributed by atoms with Gasteiger partial charge in [-0.1, -0.05) is 49.6 Å². The monoisotopic (exact) mass is 548 g/mol. The van der Waals surface area contributed by atoms with Gasteiger partial charge in [0.25, 0.3) is 0 Å². The van der Waals surface area contributed by atoms with Gasteiger partial charge in [0.05, 0.1) is 37.6 Å². The van der Waals surface area contributed by atoms with E-state index in [4.69, 9.17) is 0 Å². The zero-order chi connectivity index (χ0) is 25.9. The molecule has 2 rings (SSSR count). The number of rotatable bonds is 8. The quantitative estimate of drug-likeness (QED) is 0.436. The normalized spacial score (nSPS) is 13.9. The van der Waals surface area contributed by atoms with Crippen molar-refractivity contribution in [3.63, 3.8) is 0 Å². The highest BCUT2D eigenvalue weighted by molar-refractivity contribution is 8.04. The molecule has 14 heteroatoms. The molecule has 34 heavy (non-hydrogen) atoms. The fourth-order valence-corrected chi connectivity index (χ4v) is 9.17. The van der Waals surface area contributed by atoms with E-state index in [0.717, 1.165) is 5.56 Å². The van der Waals surface area contributed by atoms with Crippen LogP contribution in [-0.2, 0) is 40.1 Å². The van der Waals surface area contributed by atoms with Crippen LogP contribution in [-0.4, -0.2) is 72.7 Å². The topological polar surface area (TPSA) is 143 Å². The lowest BCUT2D eigenvalue weighted by molar-refractivity contribution is 0.388. The van der Waals surface area contributed by atoms with E-state index >= 15 is 0 Å². The van der Waals surface area contributed by atoms with Gasteiger partial charge in [0.2, 0.25) is 40.1 Å². The van der Waals surface area contributed by atoms with E-state index in [-0.39, 0.29) is 13.0 Å². The largest absolute Gasteiger partial charge is 0.224 e. The summed E-state index contributed by atoms with van der Waals surface area (Å²) in [6.45, 7) is -0.979. The van der Waals surface area contributed by atoms with Crippen LogP contribution in [0.3, 0.4) is 0 Å². The Bertz CT molecular complexity index is 1460. The van der Waals surface area contributed by atoms with Crippen molar-refractivity contribution in [1.82, 2.24) is 7.42 Å². The molecule has 0 aliphatic carbocycles. The zero-order valence-corrected chi connectivity index (χ0v) is 22.0. The van der Waals surface area contributed by atoms with Gasteiger partial charge in [0.15, 0.2) is 0 Å². The molecule has 186 valence electrons. The van der Waals surface area contributed by atoms with Crippen molar-refractivity contribution >= 4 is 40.1 Å². The Morgan fingerprint density at radius 2 is 1.03 bits per heavy atom. The van der Waals surface area contributed by atoms with Crippen molar-refractivity contribution in [1.29, 1.82) is 0 Å². The van der Waals surface area contributed by atoms with Crippen molar-refractivity contribution in [3.8, 4) is 11.8 Å². The first-order valence-corrected chi connectivity index (χ1v) is 16.8. The number of sulfonamides is 4. The standard InChI is InChI=1S/C20H24N2O8S4/c1-31(23,24)21(32(2,25)26)16-20(22(33(3,27)28)34(4,29)30)19-14-12-18(13-15-19)11-10-17-8-6-5-7-9-17/h5-9,12-15,20H,16H2,1-4H3/t20-/m1/s1. The second-order valence-corrected chi connectivity index (χ2v) is 15.5. The smallest absolute Gasteiger partial charge is 0.212 e. The molecule has 0 aliphatic rings. The van der Waals surface area contributed by atoms with E-state index in [1.54, 1.807) is 12.1 Å². The van der Waals surface area contributed by atoms with Crippen LogP contribution in [0.4, 0.5) is 0 Å². The summed E-state index contributed by atoms with van der Waals surface area (Å²) >= 11 is 0. The number of nitrogens with zero attached hydrogens (tertiary/aromatic N) is 2. The van der Waals surface area contributed by atoms with Gasteiger partial charge in [0.1, 0.15) is 0 Å². The predicted octanol–water partition coefficient (Wildman–Crippen LogP) is 0.570. The Balaban J connectivity index is 2.63. The molecular weight excluding hydrogens is 524 g/mol. The predicted molar refractivity (Wildman–Crippen MR) is 130 cm³/mol. The summed E-state index contributed by atoms with van der Waals surface area (Å²) in [4.78, 5) is 0. The van der Waals surface area contributed by atoms with E-state index in [1.165, 1.54) is 24.3 Å². The van der Waals surface area contributed by atoms with Crippen molar-refractivity contribution in [3.05, 3.63) is 71.3 Å². The molecule has 0 unspecified atom stereocenters. The van der Waals surface area contributed by atoms with Gasteiger partial charge in [-0.15, -0.1) is 0 Å². The van der Waals surface area contributed by atoms with Crippen molar-refractivity contribution in [2.24, 2.45) is 0 Å². The van der Waals surface area contributed by atoms with Gasteiger partial charge in [-0.25, -0.2) is 33.7 Å². The average molecular weight is 549 g/mol. The Hall–Kier alpha value is -2.28. The molecule has 0 fully saturated rings.